The van der Waals surface area contributed by atoms with E-state index in [2.05, 4.69) is 33.4 Å². The van der Waals surface area contributed by atoms with Gasteiger partial charge in [0.05, 0.1) is 25.8 Å². The number of piperazine rings is 1. The first-order valence-electron chi connectivity index (χ1n) is 11.2. The topological polar surface area (TPSA) is 88.9 Å². The molecule has 3 aliphatic rings. The average Bonchev–Trinajstić information content (AvgIpc) is 2.92. The van der Waals surface area contributed by atoms with Crippen molar-refractivity contribution in [1.29, 1.82) is 5.26 Å². The van der Waals surface area contributed by atoms with E-state index in [4.69, 9.17) is 18.9 Å². The Morgan fingerprint density at radius 3 is 2.74 bits per heavy atom. The van der Waals surface area contributed by atoms with Gasteiger partial charge < -0.3 is 29.2 Å². The molecule has 174 valence electrons. The Bertz CT molecular complexity index is 1270. The number of fused-ring (bicyclic) bond motifs is 1. The Labute approximate surface area is 198 Å². The molecule has 1 aromatic heterocycles. The smallest absolute Gasteiger partial charge is 0.165 e. The molecule has 34 heavy (non-hydrogen) atoms. The molecule has 1 aromatic carbocycles. The molecule has 5 rings (SSSR count). The van der Waals surface area contributed by atoms with Gasteiger partial charge in [-0.2, -0.15) is 5.26 Å². The molecule has 0 amide bonds. The van der Waals surface area contributed by atoms with E-state index >= 15 is 0 Å². The molecular formula is C26H26N4O4. The molecule has 0 radical (unpaired) electrons. The van der Waals surface area contributed by atoms with Crippen molar-refractivity contribution in [1.82, 2.24) is 10.3 Å². The number of nitrogens with one attached hydrogen (secondary N) is 1. The Morgan fingerprint density at radius 2 is 2.00 bits per heavy atom. The van der Waals surface area contributed by atoms with Crippen molar-refractivity contribution in [3.05, 3.63) is 71.7 Å². The number of ether oxygens (including phenoxy) is 4. The zero-order valence-electron chi connectivity index (χ0n) is 19.2. The Morgan fingerprint density at radius 1 is 1.18 bits per heavy atom. The van der Waals surface area contributed by atoms with Crippen molar-refractivity contribution in [2.24, 2.45) is 0 Å². The van der Waals surface area contributed by atoms with E-state index in [9.17, 15) is 5.26 Å². The lowest BCUT2D eigenvalue weighted by Gasteiger charge is -2.36. The first kappa shape index (κ1) is 21.9. The second-order valence-electron chi connectivity index (χ2n) is 8.21. The molecule has 8 nitrogen and oxygen atoms in total. The second kappa shape index (κ2) is 9.49. The molecule has 8 heteroatoms. The van der Waals surface area contributed by atoms with E-state index in [0.29, 0.717) is 23.6 Å². The summed E-state index contributed by atoms with van der Waals surface area (Å²) in [5, 5.41) is 14.8. The second-order valence-corrected chi connectivity index (χ2v) is 8.21. The highest BCUT2D eigenvalue weighted by Gasteiger charge is 2.29. The molecule has 1 fully saturated rings. The molecule has 0 bridgehead atoms. The van der Waals surface area contributed by atoms with Gasteiger partial charge in [0, 0.05) is 36.6 Å². The van der Waals surface area contributed by atoms with E-state index < -0.39 is 0 Å². The maximum absolute atomic E-state index is 9.63. The third-order valence-electron chi connectivity index (χ3n) is 6.23. The van der Waals surface area contributed by atoms with E-state index in [1.807, 2.05) is 18.2 Å². The number of benzene rings is 1. The summed E-state index contributed by atoms with van der Waals surface area (Å²) in [4.78, 5) is 6.86. The van der Waals surface area contributed by atoms with E-state index in [-0.39, 0.29) is 6.04 Å². The van der Waals surface area contributed by atoms with E-state index in [0.717, 1.165) is 59.6 Å². The van der Waals surface area contributed by atoms with Gasteiger partial charge >= 0.3 is 0 Å². The highest BCUT2D eigenvalue weighted by Crippen LogP contribution is 2.38. The van der Waals surface area contributed by atoms with Crippen LogP contribution in [0.15, 0.2) is 66.2 Å². The highest BCUT2D eigenvalue weighted by molar-refractivity contribution is 5.98. The predicted octanol–water partition coefficient (Wildman–Crippen LogP) is 3.91. The van der Waals surface area contributed by atoms with Crippen LogP contribution in [0.3, 0.4) is 0 Å². The average molecular weight is 459 g/mol. The first-order valence-corrected chi connectivity index (χ1v) is 11.2. The van der Waals surface area contributed by atoms with Crippen molar-refractivity contribution in [2.75, 3.05) is 38.8 Å². The molecule has 0 spiro atoms. The zero-order chi connectivity index (χ0) is 23.5. The molecule has 1 saturated heterocycles. The van der Waals surface area contributed by atoms with Crippen molar-refractivity contribution in [3.63, 3.8) is 0 Å². The van der Waals surface area contributed by atoms with Crippen LogP contribution in [0.1, 0.15) is 18.4 Å². The monoisotopic (exact) mass is 458 g/mol. The Balaban J connectivity index is 1.43. The van der Waals surface area contributed by atoms with Gasteiger partial charge in [0.25, 0.3) is 0 Å². The minimum Gasteiger partial charge on any atom is -0.493 e. The standard InChI is InChI=1S/C26H26N4O4/c1-31-22-10-19-18(12-27)13-29-26(20(19)11-23(22)32-2)30-9-8-28-21(14-30)25-16-33-15-24(34-25)17-6-4-3-5-7-17/h3-4,6,10-11,13,15-16,21,28H,5,7-9,14H2,1-2H3. The number of anilines is 1. The summed E-state index contributed by atoms with van der Waals surface area (Å²) >= 11 is 0. The van der Waals surface area contributed by atoms with Crippen molar-refractivity contribution >= 4 is 16.6 Å². The maximum atomic E-state index is 9.63. The van der Waals surface area contributed by atoms with Crippen LogP contribution in [0, 0.1) is 11.3 Å². The minimum absolute atomic E-state index is 0.0789. The fourth-order valence-electron chi connectivity index (χ4n) is 4.47. The van der Waals surface area contributed by atoms with Gasteiger partial charge in [0.1, 0.15) is 24.4 Å². The van der Waals surface area contributed by atoms with Crippen molar-refractivity contribution in [2.45, 2.75) is 18.9 Å². The van der Waals surface area contributed by atoms with E-state index in [1.54, 1.807) is 32.9 Å². The van der Waals surface area contributed by atoms with Crippen molar-refractivity contribution < 1.29 is 18.9 Å². The number of nitriles is 1. The van der Waals surface area contributed by atoms with Crippen LogP contribution in [0.2, 0.25) is 0 Å². The molecule has 0 saturated carbocycles. The molecule has 2 aromatic rings. The van der Waals surface area contributed by atoms with Gasteiger partial charge in [-0.3, -0.25) is 0 Å². The quantitative estimate of drug-likeness (QED) is 0.722. The lowest BCUT2D eigenvalue weighted by atomic mass is 10.0. The van der Waals surface area contributed by atoms with Crippen molar-refractivity contribution in [3.8, 4) is 17.6 Å². The van der Waals surface area contributed by atoms with Crippen LogP contribution in [0.4, 0.5) is 5.82 Å². The number of rotatable bonds is 5. The van der Waals surface area contributed by atoms with Crippen LogP contribution >= 0.6 is 0 Å². The number of pyridine rings is 1. The molecule has 1 unspecified atom stereocenters. The van der Waals surface area contributed by atoms with Crippen LogP contribution in [-0.2, 0) is 9.47 Å². The molecule has 1 N–H and O–H groups in total. The number of hydrogen-bond acceptors (Lipinski definition) is 8. The molecule has 1 aliphatic carbocycles. The van der Waals surface area contributed by atoms with E-state index in [1.165, 1.54) is 0 Å². The molecule has 3 heterocycles. The van der Waals surface area contributed by atoms with Gasteiger partial charge in [-0.1, -0.05) is 18.2 Å². The normalized spacial score (nSPS) is 19.9. The van der Waals surface area contributed by atoms with Gasteiger partial charge in [-0.05, 0) is 30.5 Å². The number of methoxy groups -OCH3 is 2. The Kier molecular flexibility index (Phi) is 6.11. The number of nitrogens with zero attached hydrogens (tertiary/aromatic N) is 3. The highest BCUT2D eigenvalue weighted by atomic mass is 16.5. The maximum Gasteiger partial charge on any atom is 0.165 e. The van der Waals surface area contributed by atoms with Gasteiger partial charge in [-0.25, -0.2) is 4.98 Å². The molecule has 2 aliphatic heterocycles. The van der Waals surface area contributed by atoms with Gasteiger partial charge in [-0.15, -0.1) is 0 Å². The van der Waals surface area contributed by atoms with Crippen LogP contribution < -0.4 is 19.7 Å². The minimum atomic E-state index is -0.0789. The predicted molar refractivity (Wildman–Crippen MR) is 128 cm³/mol. The lowest BCUT2D eigenvalue weighted by molar-refractivity contribution is 0.198. The van der Waals surface area contributed by atoms with Crippen LogP contribution in [0.25, 0.3) is 10.8 Å². The summed E-state index contributed by atoms with van der Waals surface area (Å²) in [7, 11) is 3.18. The summed E-state index contributed by atoms with van der Waals surface area (Å²) in [6.45, 7) is 2.13. The largest absolute Gasteiger partial charge is 0.493 e. The third-order valence-corrected chi connectivity index (χ3v) is 6.23. The summed E-state index contributed by atoms with van der Waals surface area (Å²) in [6.07, 6.45) is 13.1. The number of allylic oxidation sites excluding steroid dienone is 4. The molecule has 1 atom stereocenters. The molecular weight excluding hydrogens is 432 g/mol. The number of aromatic nitrogens is 1. The lowest BCUT2D eigenvalue weighted by Crippen LogP contribution is -2.52. The Hall–Kier alpha value is -3.96. The van der Waals surface area contributed by atoms with Crippen LogP contribution in [0.5, 0.6) is 11.5 Å². The summed E-state index contributed by atoms with van der Waals surface area (Å²) in [6, 6.07) is 5.88. The van der Waals surface area contributed by atoms with Gasteiger partial charge in [0.15, 0.2) is 23.0 Å². The number of hydrogen-bond donors (Lipinski definition) is 1. The SMILES string of the molecule is COc1cc2c(C#N)cnc(N3CCNC(C4=COC=C(C5=CC=CCC5)O4)C3)c2cc1OC. The summed E-state index contributed by atoms with van der Waals surface area (Å²) in [5.74, 6) is 3.44. The van der Waals surface area contributed by atoms with Crippen LogP contribution in [-0.4, -0.2) is 44.9 Å². The summed E-state index contributed by atoms with van der Waals surface area (Å²) < 4.78 is 22.9. The fourth-order valence-corrected chi connectivity index (χ4v) is 4.47. The fraction of sp³-hybridized carbons (Fsp3) is 0.308. The zero-order valence-corrected chi connectivity index (χ0v) is 19.2. The van der Waals surface area contributed by atoms with Gasteiger partial charge in [0.2, 0.25) is 0 Å². The third kappa shape index (κ3) is 4.06. The first-order chi connectivity index (χ1) is 16.7. The summed E-state index contributed by atoms with van der Waals surface area (Å²) in [5.41, 5.74) is 1.62.